The monoisotopic (exact) mass is 329 g/mol. The predicted molar refractivity (Wildman–Crippen MR) is 92.8 cm³/mol. The zero-order valence-electron chi connectivity index (χ0n) is 14.3. The minimum atomic E-state index is 0.0542. The maximum Gasteiger partial charge on any atom is 0.226 e. The molecule has 0 radical (unpaired) electrons. The number of ether oxygens (including phenoxy) is 3. The van der Waals surface area contributed by atoms with Crippen molar-refractivity contribution in [2.24, 2.45) is 0 Å². The zero-order chi connectivity index (χ0) is 17.4. The molecule has 0 bridgehead atoms. The number of benzene rings is 2. The molecule has 0 N–H and O–H groups in total. The van der Waals surface area contributed by atoms with E-state index in [0.29, 0.717) is 19.6 Å². The van der Waals surface area contributed by atoms with Gasteiger partial charge in [-0.2, -0.15) is 0 Å². The molecule has 0 aliphatic carbocycles. The molecule has 0 saturated carbocycles. The Morgan fingerprint density at radius 2 is 1.38 bits per heavy atom. The Morgan fingerprint density at radius 1 is 0.875 bits per heavy atom. The maximum atomic E-state index is 12.2. The molecule has 0 aliphatic heterocycles. The standard InChI is InChI=1S/C19H23NO4/c1-20(12-13-24-18-10-8-17(23-3)9-11-18)19(21)14-15-4-6-16(22-2)7-5-15/h4-11H,12-14H2,1-3H3. The van der Waals surface area contributed by atoms with Crippen molar-refractivity contribution >= 4 is 5.91 Å². The van der Waals surface area contributed by atoms with Crippen LogP contribution in [0.25, 0.3) is 0 Å². The van der Waals surface area contributed by atoms with E-state index in [1.165, 1.54) is 0 Å². The van der Waals surface area contributed by atoms with E-state index in [-0.39, 0.29) is 5.91 Å². The molecule has 0 spiro atoms. The molecule has 0 aromatic heterocycles. The van der Waals surface area contributed by atoms with Gasteiger partial charge in [-0.05, 0) is 42.0 Å². The zero-order valence-corrected chi connectivity index (χ0v) is 14.3. The van der Waals surface area contributed by atoms with Gasteiger partial charge in [0.15, 0.2) is 0 Å². The number of hydrogen-bond acceptors (Lipinski definition) is 4. The van der Waals surface area contributed by atoms with Crippen molar-refractivity contribution in [3.8, 4) is 17.2 Å². The molecule has 0 atom stereocenters. The van der Waals surface area contributed by atoms with Crippen LogP contribution >= 0.6 is 0 Å². The smallest absolute Gasteiger partial charge is 0.226 e. The molecule has 2 rings (SSSR count). The van der Waals surface area contributed by atoms with Gasteiger partial charge >= 0.3 is 0 Å². The van der Waals surface area contributed by atoms with Crippen LogP contribution in [-0.4, -0.2) is 45.2 Å². The average molecular weight is 329 g/mol. The van der Waals surface area contributed by atoms with Crippen LogP contribution in [0.4, 0.5) is 0 Å². The third kappa shape index (κ3) is 5.19. The quantitative estimate of drug-likeness (QED) is 0.747. The van der Waals surface area contributed by atoms with E-state index in [1.54, 1.807) is 26.2 Å². The molecule has 0 unspecified atom stereocenters. The van der Waals surface area contributed by atoms with Crippen LogP contribution in [-0.2, 0) is 11.2 Å². The first-order chi connectivity index (χ1) is 11.6. The molecule has 2 aromatic rings. The summed E-state index contributed by atoms with van der Waals surface area (Å²) in [5, 5.41) is 0. The molecule has 0 saturated heterocycles. The van der Waals surface area contributed by atoms with Gasteiger partial charge in [0, 0.05) is 7.05 Å². The predicted octanol–water partition coefficient (Wildman–Crippen LogP) is 2.78. The Bertz CT molecular complexity index is 637. The van der Waals surface area contributed by atoms with Gasteiger partial charge in [0.05, 0.1) is 27.2 Å². The molecule has 5 nitrogen and oxygen atoms in total. The van der Waals surface area contributed by atoms with Crippen LogP contribution in [0.5, 0.6) is 17.2 Å². The van der Waals surface area contributed by atoms with Crippen molar-refractivity contribution in [2.45, 2.75) is 6.42 Å². The molecule has 128 valence electrons. The van der Waals surface area contributed by atoms with Gasteiger partial charge in [0.2, 0.25) is 5.91 Å². The molecule has 2 aromatic carbocycles. The van der Waals surface area contributed by atoms with Crippen molar-refractivity contribution in [1.82, 2.24) is 4.90 Å². The Balaban J connectivity index is 1.76. The van der Waals surface area contributed by atoms with E-state index < -0.39 is 0 Å². The normalized spacial score (nSPS) is 10.1. The molecule has 0 heterocycles. The van der Waals surface area contributed by atoms with Crippen LogP contribution in [0.2, 0.25) is 0 Å². The minimum Gasteiger partial charge on any atom is -0.497 e. The number of likely N-dealkylation sites (N-methyl/N-ethyl adjacent to an activating group) is 1. The number of carbonyl (C=O) groups excluding carboxylic acids is 1. The molecule has 0 fully saturated rings. The summed E-state index contributed by atoms with van der Waals surface area (Å²) >= 11 is 0. The van der Waals surface area contributed by atoms with Crippen molar-refractivity contribution in [3.63, 3.8) is 0 Å². The highest BCUT2D eigenvalue weighted by atomic mass is 16.5. The number of nitrogens with zero attached hydrogens (tertiary/aromatic N) is 1. The molecule has 1 amide bonds. The lowest BCUT2D eigenvalue weighted by atomic mass is 10.1. The van der Waals surface area contributed by atoms with E-state index in [1.807, 2.05) is 48.5 Å². The minimum absolute atomic E-state index is 0.0542. The number of hydrogen-bond donors (Lipinski definition) is 0. The van der Waals surface area contributed by atoms with Crippen molar-refractivity contribution < 1.29 is 19.0 Å². The van der Waals surface area contributed by atoms with E-state index in [0.717, 1.165) is 22.8 Å². The Kier molecular flexibility index (Phi) is 6.49. The molecular weight excluding hydrogens is 306 g/mol. The molecule has 24 heavy (non-hydrogen) atoms. The number of methoxy groups -OCH3 is 2. The SMILES string of the molecule is COc1ccc(CC(=O)N(C)CCOc2ccc(OC)cc2)cc1. The van der Waals surface area contributed by atoms with Crippen LogP contribution in [0.1, 0.15) is 5.56 Å². The van der Waals surface area contributed by atoms with Gasteiger partial charge in [0.25, 0.3) is 0 Å². The average Bonchev–Trinajstić information content (AvgIpc) is 2.62. The first kappa shape index (κ1) is 17.7. The summed E-state index contributed by atoms with van der Waals surface area (Å²) < 4.78 is 15.9. The summed E-state index contributed by atoms with van der Waals surface area (Å²) in [6, 6.07) is 14.9. The first-order valence-electron chi connectivity index (χ1n) is 7.76. The fraction of sp³-hybridized carbons (Fsp3) is 0.316. The summed E-state index contributed by atoms with van der Waals surface area (Å²) in [6.45, 7) is 0.970. The summed E-state index contributed by atoms with van der Waals surface area (Å²) in [7, 11) is 5.03. The van der Waals surface area contributed by atoms with E-state index >= 15 is 0 Å². The lowest BCUT2D eigenvalue weighted by Gasteiger charge is -2.17. The summed E-state index contributed by atoms with van der Waals surface area (Å²) in [6.07, 6.45) is 0.364. The van der Waals surface area contributed by atoms with E-state index in [2.05, 4.69) is 0 Å². The Labute approximate surface area is 142 Å². The van der Waals surface area contributed by atoms with Gasteiger partial charge in [-0.25, -0.2) is 0 Å². The van der Waals surface area contributed by atoms with Gasteiger partial charge in [0.1, 0.15) is 23.9 Å². The van der Waals surface area contributed by atoms with Gasteiger partial charge in [-0.15, -0.1) is 0 Å². The lowest BCUT2D eigenvalue weighted by molar-refractivity contribution is -0.129. The maximum absolute atomic E-state index is 12.2. The van der Waals surface area contributed by atoms with E-state index in [9.17, 15) is 4.79 Å². The summed E-state index contributed by atoms with van der Waals surface area (Å²) in [5.41, 5.74) is 0.962. The third-order valence-corrected chi connectivity index (χ3v) is 3.70. The van der Waals surface area contributed by atoms with Crippen LogP contribution < -0.4 is 14.2 Å². The second-order valence-electron chi connectivity index (χ2n) is 5.36. The number of amides is 1. The van der Waals surface area contributed by atoms with Gasteiger partial charge < -0.3 is 19.1 Å². The second-order valence-corrected chi connectivity index (χ2v) is 5.36. The Hall–Kier alpha value is -2.69. The highest BCUT2D eigenvalue weighted by Gasteiger charge is 2.10. The number of rotatable bonds is 8. The van der Waals surface area contributed by atoms with Crippen molar-refractivity contribution in [2.75, 3.05) is 34.4 Å². The van der Waals surface area contributed by atoms with Gasteiger partial charge in [-0.3, -0.25) is 4.79 Å². The first-order valence-corrected chi connectivity index (χ1v) is 7.76. The summed E-state index contributed by atoms with van der Waals surface area (Å²) in [5.74, 6) is 2.38. The molecule has 5 heteroatoms. The van der Waals surface area contributed by atoms with Crippen molar-refractivity contribution in [1.29, 1.82) is 0 Å². The highest BCUT2D eigenvalue weighted by Crippen LogP contribution is 2.17. The fourth-order valence-electron chi connectivity index (χ4n) is 2.15. The van der Waals surface area contributed by atoms with Crippen LogP contribution in [0.15, 0.2) is 48.5 Å². The van der Waals surface area contributed by atoms with Gasteiger partial charge in [-0.1, -0.05) is 12.1 Å². The third-order valence-electron chi connectivity index (χ3n) is 3.70. The largest absolute Gasteiger partial charge is 0.497 e. The lowest BCUT2D eigenvalue weighted by Crippen LogP contribution is -2.32. The highest BCUT2D eigenvalue weighted by molar-refractivity contribution is 5.78. The van der Waals surface area contributed by atoms with Crippen LogP contribution in [0.3, 0.4) is 0 Å². The fourth-order valence-corrected chi connectivity index (χ4v) is 2.15. The topological polar surface area (TPSA) is 48.0 Å². The van der Waals surface area contributed by atoms with Crippen LogP contribution in [0, 0.1) is 0 Å². The number of carbonyl (C=O) groups is 1. The van der Waals surface area contributed by atoms with E-state index in [4.69, 9.17) is 14.2 Å². The second kappa shape index (κ2) is 8.82. The molecular formula is C19H23NO4. The molecule has 0 aliphatic rings. The van der Waals surface area contributed by atoms with Crippen molar-refractivity contribution in [3.05, 3.63) is 54.1 Å². The Morgan fingerprint density at radius 3 is 1.92 bits per heavy atom. The summed E-state index contributed by atoms with van der Waals surface area (Å²) in [4.78, 5) is 13.9.